The molecule has 3 heteroatoms. The molecule has 2 rings (SSSR count). The van der Waals surface area contributed by atoms with Crippen LogP contribution in [0.5, 0.6) is 0 Å². The van der Waals surface area contributed by atoms with Crippen LogP contribution in [0.15, 0.2) is 36.4 Å². The molecule has 1 atom stereocenters. The molecule has 2 aromatic carbocycles. The maximum atomic E-state index is 6.15. The van der Waals surface area contributed by atoms with Gasteiger partial charge in [-0.3, -0.25) is 11.3 Å². The fraction of sp³-hybridized carbons (Fsp3) is 0.294. The van der Waals surface area contributed by atoms with E-state index in [1.165, 1.54) is 16.7 Å². The molecule has 0 fully saturated rings. The van der Waals surface area contributed by atoms with E-state index in [2.05, 4.69) is 43.5 Å². The Kier molecular flexibility index (Phi) is 4.81. The minimum Gasteiger partial charge on any atom is -0.271 e. The zero-order valence-corrected chi connectivity index (χ0v) is 13.0. The molecule has 0 aromatic heterocycles. The Morgan fingerprint density at radius 2 is 1.75 bits per heavy atom. The zero-order valence-electron chi connectivity index (χ0n) is 12.2. The van der Waals surface area contributed by atoms with Crippen molar-refractivity contribution < 1.29 is 0 Å². The maximum Gasteiger partial charge on any atom is 0.0501 e. The zero-order chi connectivity index (χ0) is 14.7. The fourth-order valence-corrected chi connectivity index (χ4v) is 2.91. The minimum atomic E-state index is 0.0622. The standard InChI is InChI=1S/C17H21ClN2/c1-11-7-14(9-15(18)8-11)17(20-19)10-16-12(2)5-4-6-13(16)3/h4-9,17,20H,10,19H2,1-3H3. The molecule has 0 saturated carbocycles. The quantitative estimate of drug-likeness (QED) is 0.659. The number of nitrogens with one attached hydrogen (secondary N) is 1. The summed E-state index contributed by atoms with van der Waals surface area (Å²) in [5, 5.41) is 0.752. The number of nitrogens with two attached hydrogens (primary N) is 1. The third-order valence-corrected chi connectivity index (χ3v) is 3.94. The van der Waals surface area contributed by atoms with Crippen molar-refractivity contribution in [2.45, 2.75) is 33.2 Å². The second-order valence-corrected chi connectivity index (χ2v) is 5.79. The molecule has 0 aliphatic heterocycles. The Balaban J connectivity index is 2.33. The first-order valence-electron chi connectivity index (χ1n) is 6.79. The van der Waals surface area contributed by atoms with Crippen LogP contribution in [0.4, 0.5) is 0 Å². The van der Waals surface area contributed by atoms with Gasteiger partial charge in [0.05, 0.1) is 6.04 Å². The first-order chi connectivity index (χ1) is 9.51. The second-order valence-electron chi connectivity index (χ2n) is 5.36. The van der Waals surface area contributed by atoms with Crippen LogP contribution in [0.3, 0.4) is 0 Å². The van der Waals surface area contributed by atoms with Crippen molar-refractivity contribution in [3.8, 4) is 0 Å². The van der Waals surface area contributed by atoms with E-state index in [9.17, 15) is 0 Å². The number of hydrazine groups is 1. The average molecular weight is 289 g/mol. The third kappa shape index (κ3) is 3.40. The van der Waals surface area contributed by atoms with Crippen LogP contribution in [0.25, 0.3) is 0 Å². The highest BCUT2D eigenvalue weighted by Gasteiger charge is 2.14. The van der Waals surface area contributed by atoms with E-state index in [0.29, 0.717) is 0 Å². The molecule has 0 saturated heterocycles. The molecule has 20 heavy (non-hydrogen) atoms. The molecular formula is C17H21ClN2. The second kappa shape index (κ2) is 6.40. The molecule has 2 nitrogen and oxygen atoms in total. The number of rotatable bonds is 4. The normalized spacial score (nSPS) is 12.4. The van der Waals surface area contributed by atoms with Gasteiger partial charge in [0.2, 0.25) is 0 Å². The van der Waals surface area contributed by atoms with Gasteiger partial charge in [0, 0.05) is 5.02 Å². The number of hydrogen-bond donors (Lipinski definition) is 2. The van der Waals surface area contributed by atoms with E-state index >= 15 is 0 Å². The number of benzene rings is 2. The van der Waals surface area contributed by atoms with Gasteiger partial charge < -0.3 is 0 Å². The van der Waals surface area contributed by atoms with Gasteiger partial charge >= 0.3 is 0 Å². The first kappa shape index (κ1) is 15.0. The van der Waals surface area contributed by atoms with Gasteiger partial charge in [0.15, 0.2) is 0 Å². The Labute approximate surface area is 125 Å². The van der Waals surface area contributed by atoms with Crippen molar-refractivity contribution in [2.24, 2.45) is 5.84 Å². The van der Waals surface area contributed by atoms with E-state index < -0.39 is 0 Å². The van der Waals surface area contributed by atoms with Gasteiger partial charge in [-0.15, -0.1) is 0 Å². The highest BCUT2D eigenvalue weighted by atomic mass is 35.5. The van der Waals surface area contributed by atoms with E-state index in [1.54, 1.807) is 0 Å². The topological polar surface area (TPSA) is 38.0 Å². The van der Waals surface area contributed by atoms with Gasteiger partial charge in [-0.1, -0.05) is 35.9 Å². The summed E-state index contributed by atoms with van der Waals surface area (Å²) in [6.07, 6.45) is 0.856. The molecule has 0 radical (unpaired) electrons. The monoisotopic (exact) mass is 288 g/mol. The summed E-state index contributed by atoms with van der Waals surface area (Å²) in [5.41, 5.74) is 9.12. The van der Waals surface area contributed by atoms with Crippen molar-refractivity contribution in [3.63, 3.8) is 0 Å². The first-order valence-corrected chi connectivity index (χ1v) is 7.17. The Morgan fingerprint density at radius 3 is 2.30 bits per heavy atom. The van der Waals surface area contributed by atoms with Crippen LogP contribution in [0.1, 0.15) is 33.9 Å². The van der Waals surface area contributed by atoms with Crippen LogP contribution < -0.4 is 11.3 Å². The summed E-state index contributed by atoms with van der Waals surface area (Å²) in [7, 11) is 0. The SMILES string of the molecule is Cc1cc(Cl)cc(C(Cc2c(C)cccc2C)NN)c1. The molecule has 3 N–H and O–H groups in total. The lowest BCUT2D eigenvalue weighted by Gasteiger charge is -2.20. The number of aryl methyl sites for hydroxylation is 3. The highest BCUT2D eigenvalue weighted by molar-refractivity contribution is 6.30. The van der Waals surface area contributed by atoms with Crippen LogP contribution in [-0.4, -0.2) is 0 Å². The van der Waals surface area contributed by atoms with E-state index in [1.807, 2.05) is 19.1 Å². The van der Waals surface area contributed by atoms with Crippen LogP contribution in [0, 0.1) is 20.8 Å². The molecule has 0 spiro atoms. The summed E-state index contributed by atoms with van der Waals surface area (Å²) >= 11 is 6.15. The van der Waals surface area contributed by atoms with Crippen LogP contribution >= 0.6 is 11.6 Å². The highest BCUT2D eigenvalue weighted by Crippen LogP contribution is 2.25. The summed E-state index contributed by atoms with van der Waals surface area (Å²) < 4.78 is 0. The lowest BCUT2D eigenvalue weighted by atomic mass is 9.93. The predicted octanol–water partition coefficient (Wildman–Crippen LogP) is 4.01. The van der Waals surface area contributed by atoms with Crippen molar-refractivity contribution in [2.75, 3.05) is 0 Å². The molecule has 2 aromatic rings. The van der Waals surface area contributed by atoms with Gasteiger partial charge in [-0.05, 0) is 67.1 Å². The summed E-state index contributed by atoms with van der Waals surface area (Å²) in [5.74, 6) is 5.76. The van der Waals surface area contributed by atoms with Gasteiger partial charge in [-0.2, -0.15) is 0 Å². The van der Waals surface area contributed by atoms with Gasteiger partial charge in [0.1, 0.15) is 0 Å². The molecule has 0 bridgehead atoms. The van der Waals surface area contributed by atoms with Crippen LogP contribution in [-0.2, 0) is 6.42 Å². The largest absolute Gasteiger partial charge is 0.271 e. The Bertz CT molecular complexity index is 567. The molecule has 0 aliphatic carbocycles. The number of hydrogen-bond acceptors (Lipinski definition) is 2. The summed E-state index contributed by atoms with van der Waals surface area (Å²) in [4.78, 5) is 0. The third-order valence-electron chi connectivity index (χ3n) is 3.72. The lowest BCUT2D eigenvalue weighted by molar-refractivity contribution is 0.549. The van der Waals surface area contributed by atoms with Crippen molar-refractivity contribution in [1.29, 1.82) is 0 Å². The van der Waals surface area contributed by atoms with Crippen LogP contribution in [0.2, 0.25) is 5.02 Å². The van der Waals surface area contributed by atoms with E-state index in [4.69, 9.17) is 17.4 Å². The molecule has 0 aliphatic rings. The Morgan fingerprint density at radius 1 is 1.10 bits per heavy atom. The predicted molar refractivity (Wildman–Crippen MR) is 85.9 cm³/mol. The summed E-state index contributed by atoms with van der Waals surface area (Å²) in [6.45, 7) is 6.32. The smallest absolute Gasteiger partial charge is 0.0501 e. The maximum absolute atomic E-state index is 6.15. The van der Waals surface area contributed by atoms with Crippen molar-refractivity contribution in [1.82, 2.24) is 5.43 Å². The van der Waals surface area contributed by atoms with Gasteiger partial charge in [-0.25, -0.2) is 0 Å². The minimum absolute atomic E-state index is 0.0622. The molecule has 106 valence electrons. The fourth-order valence-electron chi connectivity index (χ4n) is 2.61. The molecular weight excluding hydrogens is 268 g/mol. The molecule has 0 heterocycles. The summed E-state index contributed by atoms with van der Waals surface area (Å²) in [6, 6.07) is 12.5. The molecule has 0 amide bonds. The Hall–Kier alpha value is -1.35. The van der Waals surface area contributed by atoms with E-state index in [0.717, 1.165) is 22.6 Å². The van der Waals surface area contributed by atoms with Crippen molar-refractivity contribution in [3.05, 3.63) is 69.2 Å². The molecule has 1 unspecified atom stereocenters. The van der Waals surface area contributed by atoms with Crippen molar-refractivity contribution >= 4 is 11.6 Å². The average Bonchev–Trinajstić information content (AvgIpc) is 2.37. The number of halogens is 1. The lowest BCUT2D eigenvalue weighted by Crippen LogP contribution is -2.30. The van der Waals surface area contributed by atoms with Gasteiger partial charge in [0.25, 0.3) is 0 Å². The van der Waals surface area contributed by atoms with E-state index in [-0.39, 0.29) is 6.04 Å².